The van der Waals surface area contributed by atoms with Gasteiger partial charge in [-0.25, -0.2) is 4.39 Å². The molecule has 0 saturated heterocycles. The van der Waals surface area contributed by atoms with E-state index in [2.05, 4.69) is 4.98 Å². The van der Waals surface area contributed by atoms with Crippen LogP contribution in [0.25, 0.3) is 10.9 Å². The van der Waals surface area contributed by atoms with Crippen molar-refractivity contribution in [3.8, 4) is 5.75 Å². The Morgan fingerprint density at radius 3 is 2.77 bits per heavy atom. The summed E-state index contributed by atoms with van der Waals surface area (Å²) >= 11 is 0. The molecule has 1 aromatic heterocycles. The zero-order chi connectivity index (χ0) is 16.3. The largest absolute Gasteiger partial charge is 0.497 e. The number of aliphatic carboxylic acids is 1. The summed E-state index contributed by atoms with van der Waals surface area (Å²) in [7, 11) is 1.52. The Morgan fingerprint density at radius 2 is 2.23 bits per heavy atom. The summed E-state index contributed by atoms with van der Waals surface area (Å²) in [5.74, 6) is -2.36. The fraction of sp³-hybridized carbons (Fsp3) is 0.375. The van der Waals surface area contributed by atoms with Gasteiger partial charge in [-0.1, -0.05) is 6.92 Å². The highest BCUT2D eigenvalue weighted by molar-refractivity contribution is 5.85. The molecule has 0 spiro atoms. The predicted octanol–water partition coefficient (Wildman–Crippen LogP) is 2.54. The first-order chi connectivity index (χ1) is 10.5. The van der Waals surface area contributed by atoms with Crippen LogP contribution >= 0.6 is 0 Å². The second-order valence-corrected chi connectivity index (χ2v) is 5.10. The number of fused-ring (bicyclic) bond motifs is 1. The van der Waals surface area contributed by atoms with Gasteiger partial charge in [0.25, 0.3) is 0 Å². The average Bonchev–Trinajstić information content (AvgIpc) is 2.52. The molecule has 0 aliphatic rings. The molecule has 0 radical (unpaired) electrons. The molecule has 2 rings (SSSR count). The van der Waals surface area contributed by atoms with E-state index in [-0.39, 0.29) is 6.54 Å². The molecular weight excluding hydrogens is 287 g/mol. The number of ether oxygens (including phenoxy) is 1. The number of pyridine rings is 1. The van der Waals surface area contributed by atoms with Crippen LogP contribution < -0.4 is 10.5 Å². The van der Waals surface area contributed by atoms with Gasteiger partial charge in [-0.15, -0.1) is 0 Å². The van der Waals surface area contributed by atoms with Gasteiger partial charge in [0.05, 0.1) is 24.7 Å². The molecule has 118 valence electrons. The molecule has 2 atom stereocenters. The lowest BCUT2D eigenvalue weighted by molar-refractivity contribution is -0.142. The second kappa shape index (κ2) is 6.70. The van der Waals surface area contributed by atoms with E-state index < -0.39 is 23.6 Å². The molecular formula is C16H19FN2O3. The quantitative estimate of drug-likeness (QED) is 0.856. The van der Waals surface area contributed by atoms with Gasteiger partial charge >= 0.3 is 5.97 Å². The number of hydrogen-bond donors (Lipinski definition) is 2. The minimum absolute atomic E-state index is 0.0545. The lowest BCUT2D eigenvalue weighted by atomic mass is 9.82. The van der Waals surface area contributed by atoms with Crippen LogP contribution in [-0.4, -0.2) is 29.7 Å². The van der Waals surface area contributed by atoms with Crippen molar-refractivity contribution >= 4 is 16.9 Å². The van der Waals surface area contributed by atoms with Crippen LogP contribution in [0.2, 0.25) is 0 Å². The van der Waals surface area contributed by atoms with E-state index in [1.165, 1.54) is 7.11 Å². The summed E-state index contributed by atoms with van der Waals surface area (Å²) in [6.45, 7) is 1.77. The molecule has 0 saturated carbocycles. The SMILES string of the molecule is CCC(c1c(F)cnc2ccc(OC)cc12)C(CN)C(=O)O. The van der Waals surface area contributed by atoms with E-state index >= 15 is 0 Å². The van der Waals surface area contributed by atoms with Crippen LogP contribution in [0.3, 0.4) is 0 Å². The van der Waals surface area contributed by atoms with Crippen LogP contribution in [0.4, 0.5) is 4.39 Å². The van der Waals surface area contributed by atoms with Crippen molar-refractivity contribution < 1.29 is 19.0 Å². The smallest absolute Gasteiger partial charge is 0.308 e. The maximum atomic E-state index is 14.4. The number of nitrogens with two attached hydrogens (primary N) is 1. The molecule has 6 heteroatoms. The Balaban J connectivity index is 2.70. The zero-order valence-corrected chi connectivity index (χ0v) is 12.5. The first-order valence-electron chi connectivity index (χ1n) is 7.08. The third kappa shape index (κ3) is 2.87. The number of halogens is 1. The number of nitrogens with zero attached hydrogens (tertiary/aromatic N) is 1. The Bertz CT molecular complexity index is 690. The molecule has 2 aromatic rings. The first kappa shape index (κ1) is 16.2. The molecule has 22 heavy (non-hydrogen) atoms. The number of benzene rings is 1. The number of rotatable bonds is 6. The zero-order valence-electron chi connectivity index (χ0n) is 12.5. The van der Waals surface area contributed by atoms with Gasteiger partial charge in [0.1, 0.15) is 11.6 Å². The minimum atomic E-state index is -1.03. The van der Waals surface area contributed by atoms with Crippen LogP contribution in [-0.2, 0) is 4.79 Å². The highest BCUT2D eigenvalue weighted by Crippen LogP contribution is 2.35. The van der Waals surface area contributed by atoms with Crippen molar-refractivity contribution in [1.29, 1.82) is 0 Å². The fourth-order valence-corrected chi connectivity index (χ4v) is 2.80. The van der Waals surface area contributed by atoms with Crippen molar-refractivity contribution in [2.75, 3.05) is 13.7 Å². The van der Waals surface area contributed by atoms with Crippen molar-refractivity contribution in [2.45, 2.75) is 19.3 Å². The maximum Gasteiger partial charge on any atom is 0.308 e. The third-order valence-electron chi connectivity index (χ3n) is 3.94. The standard InChI is InChI=1S/C16H19FN2O3/c1-3-10(12(7-18)16(20)21)15-11-6-9(22-2)4-5-14(11)19-8-13(15)17/h4-6,8,10,12H,3,7,18H2,1-2H3,(H,20,21). The van der Waals surface area contributed by atoms with Crippen LogP contribution in [0.15, 0.2) is 24.4 Å². The highest BCUT2D eigenvalue weighted by Gasteiger charge is 2.30. The summed E-state index contributed by atoms with van der Waals surface area (Å²) in [5, 5.41) is 9.92. The summed E-state index contributed by atoms with van der Waals surface area (Å²) in [4.78, 5) is 15.5. The van der Waals surface area contributed by atoms with Gasteiger partial charge in [0.15, 0.2) is 0 Å². The van der Waals surface area contributed by atoms with E-state index in [1.807, 2.05) is 6.92 Å². The van der Waals surface area contributed by atoms with Crippen molar-refractivity contribution in [3.63, 3.8) is 0 Å². The molecule has 5 nitrogen and oxygen atoms in total. The normalized spacial score (nSPS) is 13.8. The van der Waals surface area contributed by atoms with Crippen LogP contribution in [0, 0.1) is 11.7 Å². The summed E-state index contributed by atoms with van der Waals surface area (Å²) < 4.78 is 19.6. The predicted molar refractivity (Wildman–Crippen MR) is 81.5 cm³/mol. The third-order valence-corrected chi connectivity index (χ3v) is 3.94. The van der Waals surface area contributed by atoms with Gasteiger partial charge in [-0.2, -0.15) is 0 Å². The van der Waals surface area contributed by atoms with Gasteiger partial charge in [-0.3, -0.25) is 9.78 Å². The Hall–Kier alpha value is -2.21. The molecule has 0 amide bonds. The topological polar surface area (TPSA) is 85.4 Å². The molecule has 2 unspecified atom stereocenters. The van der Waals surface area contributed by atoms with E-state index in [4.69, 9.17) is 10.5 Å². The lowest BCUT2D eigenvalue weighted by Gasteiger charge is -2.23. The van der Waals surface area contributed by atoms with Crippen LogP contribution in [0.5, 0.6) is 5.75 Å². The number of carbonyl (C=O) groups is 1. The van der Waals surface area contributed by atoms with Crippen molar-refractivity contribution in [3.05, 3.63) is 35.8 Å². The maximum absolute atomic E-state index is 14.4. The Morgan fingerprint density at radius 1 is 1.50 bits per heavy atom. The van der Waals surface area contributed by atoms with E-state index in [9.17, 15) is 14.3 Å². The Labute approximate surface area is 127 Å². The second-order valence-electron chi connectivity index (χ2n) is 5.10. The Kier molecular flexibility index (Phi) is 4.92. The fourth-order valence-electron chi connectivity index (χ4n) is 2.80. The highest BCUT2D eigenvalue weighted by atomic mass is 19.1. The molecule has 0 fully saturated rings. The summed E-state index contributed by atoms with van der Waals surface area (Å²) in [5.41, 5.74) is 6.53. The minimum Gasteiger partial charge on any atom is -0.497 e. The van der Waals surface area contributed by atoms with Gasteiger partial charge in [0, 0.05) is 23.4 Å². The van der Waals surface area contributed by atoms with Gasteiger partial charge < -0.3 is 15.6 Å². The molecule has 1 heterocycles. The van der Waals surface area contributed by atoms with Crippen molar-refractivity contribution in [1.82, 2.24) is 4.98 Å². The monoisotopic (exact) mass is 306 g/mol. The first-order valence-corrected chi connectivity index (χ1v) is 7.08. The summed E-state index contributed by atoms with van der Waals surface area (Å²) in [6.07, 6.45) is 1.59. The van der Waals surface area contributed by atoms with Crippen LogP contribution in [0.1, 0.15) is 24.8 Å². The average molecular weight is 306 g/mol. The molecule has 0 bridgehead atoms. The van der Waals surface area contributed by atoms with Gasteiger partial charge in [-0.05, 0) is 24.6 Å². The number of methoxy groups -OCH3 is 1. The molecule has 1 aromatic carbocycles. The lowest BCUT2D eigenvalue weighted by Crippen LogP contribution is -2.30. The number of aromatic nitrogens is 1. The van der Waals surface area contributed by atoms with E-state index in [0.717, 1.165) is 6.20 Å². The summed E-state index contributed by atoms with van der Waals surface area (Å²) in [6, 6.07) is 5.14. The van der Waals surface area contributed by atoms with E-state index in [0.29, 0.717) is 28.6 Å². The molecule has 0 aliphatic heterocycles. The van der Waals surface area contributed by atoms with E-state index in [1.54, 1.807) is 18.2 Å². The van der Waals surface area contributed by atoms with Gasteiger partial charge in [0.2, 0.25) is 0 Å². The van der Waals surface area contributed by atoms with Crippen molar-refractivity contribution in [2.24, 2.45) is 11.7 Å². The molecule has 0 aliphatic carbocycles. The number of hydrogen-bond acceptors (Lipinski definition) is 4. The number of carboxylic acids is 1. The number of carboxylic acid groups (broad SMARTS) is 1. The molecule has 3 N–H and O–H groups in total.